The summed E-state index contributed by atoms with van der Waals surface area (Å²) in [6.45, 7) is 0. The Kier molecular flexibility index (Phi) is 3.00. The molecule has 0 aliphatic carbocycles. The molecule has 0 atom stereocenters. The second kappa shape index (κ2) is 3.62. The SMILES string of the molecule is O=Cc1cc(F)cc(I)c1Br. The molecule has 0 aliphatic heterocycles. The van der Waals surface area contributed by atoms with Gasteiger partial charge in [0, 0.05) is 13.6 Å². The number of halogens is 3. The number of hydrogen-bond donors (Lipinski definition) is 0. The number of benzene rings is 1. The summed E-state index contributed by atoms with van der Waals surface area (Å²) in [5.41, 5.74) is 0.342. The van der Waals surface area contributed by atoms with E-state index in [1.807, 2.05) is 22.6 Å². The van der Waals surface area contributed by atoms with Crippen molar-refractivity contribution in [3.8, 4) is 0 Å². The van der Waals surface area contributed by atoms with E-state index in [-0.39, 0.29) is 5.82 Å². The van der Waals surface area contributed by atoms with Gasteiger partial charge in [-0.25, -0.2) is 4.39 Å². The molecular weight excluding hydrogens is 326 g/mol. The van der Waals surface area contributed by atoms with E-state index in [0.717, 1.165) is 0 Å². The van der Waals surface area contributed by atoms with Crippen LogP contribution in [0.25, 0.3) is 0 Å². The molecule has 1 aromatic carbocycles. The minimum atomic E-state index is -0.389. The molecule has 0 N–H and O–H groups in total. The van der Waals surface area contributed by atoms with Crippen molar-refractivity contribution < 1.29 is 9.18 Å². The van der Waals surface area contributed by atoms with Crippen molar-refractivity contribution in [3.05, 3.63) is 31.6 Å². The molecule has 1 rings (SSSR count). The Morgan fingerprint density at radius 2 is 2.18 bits per heavy atom. The molecule has 0 fully saturated rings. The van der Waals surface area contributed by atoms with Crippen molar-refractivity contribution in [2.45, 2.75) is 0 Å². The molecule has 0 heterocycles. The van der Waals surface area contributed by atoms with Crippen molar-refractivity contribution in [1.82, 2.24) is 0 Å². The summed E-state index contributed by atoms with van der Waals surface area (Å²) >= 11 is 5.12. The van der Waals surface area contributed by atoms with E-state index in [4.69, 9.17) is 0 Å². The molecule has 0 saturated heterocycles. The van der Waals surface area contributed by atoms with E-state index in [9.17, 15) is 9.18 Å². The average Bonchev–Trinajstić information content (AvgIpc) is 1.96. The van der Waals surface area contributed by atoms with Gasteiger partial charge >= 0.3 is 0 Å². The first-order chi connectivity index (χ1) is 5.15. The third kappa shape index (κ3) is 1.99. The number of hydrogen-bond acceptors (Lipinski definition) is 1. The predicted molar refractivity (Wildman–Crippen MR) is 52.2 cm³/mol. The molecule has 58 valence electrons. The van der Waals surface area contributed by atoms with Crippen LogP contribution in [0.3, 0.4) is 0 Å². The minimum absolute atomic E-state index is 0.342. The molecule has 11 heavy (non-hydrogen) atoms. The van der Waals surface area contributed by atoms with Crippen molar-refractivity contribution in [2.24, 2.45) is 0 Å². The van der Waals surface area contributed by atoms with E-state index in [0.29, 0.717) is 19.9 Å². The van der Waals surface area contributed by atoms with Gasteiger partial charge in [-0.1, -0.05) is 0 Å². The maximum absolute atomic E-state index is 12.6. The quantitative estimate of drug-likeness (QED) is 0.440. The van der Waals surface area contributed by atoms with Crippen LogP contribution >= 0.6 is 38.5 Å². The molecule has 0 spiro atoms. The van der Waals surface area contributed by atoms with Gasteiger partial charge in [0.25, 0.3) is 0 Å². The van der Waals surface area contributed by atoms with Gasteiger partial charge in [0.2, 0.25) is 0 Å². The van der Waals surface area contributed by atoms with Crippen molar-refractivity contribution in [2.75, 3.05) is 0 Å². The Labute approximate surface area is 85.3 Å². The zero-order valence-electron chi connectivity index (χ0n) is 5.27. The lowest BCUT2D eigenvalue weighted by atomic mass is 10.2. The fourth-order valence-corrected chi connectivity index (χ4v) is 1.59. The standard InChI is InChI=1S/C7H3BrFIO/c8-7-4(3-11)1-5(9)2-6(7)10/h1-3H. The van der Waals surface area contributed by atoms with Crippen molar-refractivity contribution >= 4 is 44.8 Å². The lowest BCUT2D eigenvalue weighted by Gasteiger charge is -1.98. The largest absolute Gasteiger partial charge is 0.298 e. The fraction of sp³-hybridized carbons (Fsp3) is 0. The Bertz CT molecular complexity index is 301. The van der Waals surface area contributed by atoms with Gasteiger partial charge in [0.1, 0.15) is 5.82 Å². The van der Waals surface area contributed by atoms with Gasteiger partial charge in [0.15, 0.2) is 6.29 Å². The van der Waals surface area contributed by atoms with E-state index in [2.05, 4.69) is 15.9 Å². The molecule has 1 aromatic rings. The van der Waals surface area contributed by atoms with Crippen molar-refractivity contribution in [1.29, 1.82) is 0 Å². The summed E-state index contributed by atoms with van der Waals surface area (Å²) < 4.78 is 14.0. The third-order valence-electron chi connectivity index (χ3n) is 1.15. The number of carbonyl (C=O) groups excluding carboxylic acids is 1. The first-order valence-electron chi connectivity index (χ1n) is 2.75. The summed E-state index contributed by atoms with van der Waals surface area (Å²) in [6.07, 6.45) is 0.620. The fourth-order valence-electron chi connectivity index (χ4n) is 0.662. The minimum Gasteiger partial charge on any atom is -0.298 e. The predicted octanol–water partition coefficient (Wildman–Crippen LogP) is 3.01. The van der Waals surface area contributed by atoms with Crippen LogP contribution in [0.15, 0.2) is 16.6 Å². The van der Waals surface area contributed by atoms with E-state index in [1.165, 1.54) is 12.1 Å². The van der Waals surface area contributed by atoms with Crippen LogP contribution in [0.2, 0.25) is 0 Å². The summed E-state index contributed by atoms with van der Waals surface area (Å²) in [7, 11) is 0. The van der Waals surface area contributed by atoms with Gasteiger partial charge in [-0.3, -0.25) is 4.79 Å². The number of aldehydes is 1. The van der Waals surface area contributed by atoms with Gasteiger partial charge in [-0.05, 0) is 50.7 Å². The monoisotopic (exact) mass is 328 g/mol. The molecule has 0 bridgehead atoms. The molecule has 0 aliphatic rings. The number of rotatable bonds is 1. The topological polar surface area (TPSA) is 17.1 Å². The Morgan fingerprint density at radius 3 is 2.73 bits per heavy atom. The van der Waals surface area contributed by atoms with Crippen LogP contribution in [-0.4, -0.2) is 6.29 Å². The Hall–Kier alpha value is 0.0300. The zero-order chi connectivity index (χ0) is 8.43. The third-order valence-corrected chi connectivity index (χ3v) is 3.63. The molecule has 0 unspecified atom stereocenters. The molecule has 0 amide bonds. The lowest BCUT2D eigenvalue weighted by molar-refractivity contribution is 0.112. The molecular formula is C7H3BrFIO. The van der Waals surface area contributed by atoms with Crippen LogP contribution in [0.5, 0.6) is 0 Å². The van der Waals surface area contributed by atoms with Crippen LogP contribution in [0, 0.1) is 9.39 Å². The summed E-state index contributed by atoms with van der Waals surface area (Å²) in [4.78, 5) is 10.3. The second-order valence-electron chi connectivity index (χ2n) is 1.91. The lowest BCUT2D eigenvalue weighted by Crippen LogP contribution is -1.88. The van der Waals surface area contributed by atoms with Crippen LogP contribution in [0.4, 0.5) is 4.39 Å². The van der Waals surface area contributed by atoms with Gasteiger partial charge < -0.3 is 0 Å². The zero-order valence-corrected chi connectivity index (χ0v) is 9.02. The first-order valence-corrected chi connectivity index (χ1v) is 4.62. The van der Waals surface area contributed by atoms with E-state index in [1.54, 1.807) is 0 Å². The van der Waals surface area contributed by atoms with Gasteiger partial charge in [0.05, 0.1) is 0 Å². The molecule has 1 nitrogen and oxygen atoms in total. The Balaban J connectivity index is 3.35. The average molecular weight is 329 g/mol. The summed E-state index contributed by atoms with van der Waals surface area (Å²) in [6, 6.07) is 2.55. The van der Waals surface area contributed by atoms with E-state index < -0.39 is 0 Å². The van der Waals surface area contributed by atoms with Crippen LogP contribution in [0.1, 0.15) is 10.4 Å². The highest BCUT2D eigenvalue weighted by atomic mass is 127. The summed E-state index contributed by atoms with van der Waals surface area (Å²) in [5.74, 6) is -0.389. The van der Waals surface area contributed by atoms with Gasteiger partial charge in [-0.2, -0.15) is 0 Å². The molecule has 0 radical (unpaired) electrons. The maximum atomic E-state index is 12.6. The van der Waals surface area contributed by atoms with Crippen molar-refractivity contribution in [3.63, 3.8) is 0 Å². The Morgan fingerprint density at radius 1 is 1.55 bits per heavy atom. The van der Waals surface area contributed by atoms with Crippen LogP contribution < -0.4 is 0 Å². The van der Waals surface area contributed by atoms with Gasteiger partial charge in [-0.15, -0.1) is 0 Å². The molecule has 4 heteroatoms. The molecule has 0 saturated carbocycles. The number of carbonyl (C=O) groups is 1. The highest BCUT2D eigenvalue weighted by Gasteiger charge is 2.04. The maximum Gasteiger partial charge on any atom is 0.151 e. The van der Waals surface area contributed by atoms with Crippen LogP contribution in [-0.2, 0) is 0 Å². The normalized spacial score (nSPS) is 9.73. The smallest absolute Gasteiger partial charge is 0.151 e. The highest BCUT2D eigenvalue weighted by molar-refractivity contribution is 14.1. The highest BCUT2D eigenvalue weighted by Crippen LogP contribution is 2.23. The summed E-state index contributed by atoms with van der Waals surface area (Å²) in [5, 5.41) is 0. The second-order valence-corrected chi connectivity index (χ2v) is 3.86. The first kappa shape index (κ1) is 9.12. The molecule has 0 aromatic heterocycles. The van der Waals surface area contributed by atoms with E-state index >= 15 is 0 Å².